The second kappa shape index (κ2) is 4.64. The molecule has 6 heteroatoms. The minimum absolute atomic E-state index is 0.603. The lowest BCUT2D eigenvalue weighted by atomic mass is 10.3. The van der Waals surface area contributed by atoms with Crippen LogP contribution in [0.3, 0.4) is 0 Å². The van der Waals surface area contributed by atoms with Crippen LogP contribution in [0.15, 0.2) is 30.9 Å². The van der Waals surface area contributed by atoms with Crippen molar-refractivity contribution in [2.75, 3.05) is 5.32 Å². The minimum Gasteiger partial charge on any atom is -0.364 e. The van der Waals surface area contributed by atoms with Crippen LogP contribution in [0.25, 0.3) is 5.65 Å². The van der Waals surface area contributed by atoms with Crippen LogP contribution >= 0.6 is 0 Å². The molecule has 19 heavy (non-hydrogen) atoms. The van der Waals surface area contributed by atoms with E-state index in [2.05, 4.69) is 25.4 Å². The molecule has 3 rings (SSSR count). The fourth-order valence-electron chi connectivity index (χ4n) is 1.87. The van der Waals surface area contributed by atoms with Gasteiger partial charge in [0.15, 0.2) is 5.65 Å². The summed E-state index contributed by atoms with van der Waals surface area (Å²) < 4.78 is 1.77. The van der Waals surface area contributed by atoms with Gasteiger partial charge < -0.3 is 5.32 Å². The lowest BCUT2D eigenvalue weighted by Gasteiger charge is -2.08. The van der Waals surface area contributed by atoms with E-state index in [1.54, 1.807) is 23.2 Å². The second-order valence-electron chi connectivity index (χ2n) is 4.45. The number of pyridine rings is 1. The maximum Gasteiger partial charge on any atom is 0.157 e. The van der Waals surface area contributed by atoms with E-state index in [-0.39, 0.29) is 0 Å². The van der Waals surface area contributed by atoms with Crippen LogP contribution in [0.5, 0.6) is 0 Å². The van der Waals surface area contributed by atoms with E-state index in [9.17, 15) is 0 Å². The molecule has 0 atom stereocenters. The molecule has 0 spiro atoms. The summed E-state index contributed by atoms with van der Waals surface area (Å²) in [5, 5.41) is 7.50. The average molecular weight is 254 g/mol. The first-order valence-corrected chi connectivity index (χ1v) is 6.04. The first kappa shape index (κ1) is 11.6. The number of aromatic nitrogens is 5. The van der Waals surface area contributed by atoms with Crippen molar-refractivity contribution in [1.82, 2.24) is 24.6 Å². The highest BCUT2D eigenvalue weighted by Crippen LogP contribution is 2.13. The zero-order valence-corrected chi connectivity index (χ0v) is 10.8. The molecule has 0 saturated heterocycles. The smallest absolute Gasteiger partial charge is 0.157 e. The molecule has 3 aromatic heterocycles. The maximum atomic E-state index is 4.31. The minimum atomic E-state index is 0.603. The van der Waals surface area contributed by atoms with Crippen LogP contribution in [0.4, 0.5) is 5.82 Å². The lowest BCUT2D eigenvalue weighted by molar-refractivity contribution is 0.920. The maximum absolute atomic E-state index is 4.31. The molecule has 3 heterocycles. The molecule has 0 unspecified atom stereocenters. The van der Waals surface area contributed by atoms with Crippen molar-refractivity contribution in [2.24, 2.45) is 0 Å². The number of aryl methyl sites for hydroxylation is 2. The van der Waals surface area contributed by atoms with Crippen molar-refractivity contribution >= 4 is 11.5 Å². The summed E-state index contributed by atoms with van der Waals surface area (Å²) >= 11 is 0. The van der Waals surface area contributed by atoms with Crippen LogP contribution in [0.2, 0.25) is 0 Å². The molecular weight excluding hydrogens is 240 g/mol. The van der Waals surface area contributed by atoms with E-state index in [1.165, 1.54) is 0 Å². The molecule has 0 aliphatic carbocycles. The van der Waals surface area contributed by atoms with Crippen molar-refractivity contribution < 1.29 is 0 Å². The molecule has 0 aromatic carbocycles. The number of anilines is 1. The molecule has 3 aromatic rings. The summed E-state index contributed by atoms with van der Waals surface area (Å²) in [5.41, 5.74) is 3.77. The van der Waals surface area contributed by atoms with E-state index in [0.29, 0.717) is 6.54 Å². The molecule has 0 saturated carbocycles. The van der Waals surface area contributed by atoms with E-state index in [1.807, 2.05) is 26.0 Å². The van der Waals surface area contributed by atoms with Crippen molar-refractivity contribution in [3.05, 3.63) is 47.8 Å². The number of hydrogen-bond acceptors (Lipinski definition) is 5. The van der Waals surface area contributed by atoms with E-state index >= 15 is 0 Å². The second-order valence-corrected chi connectivity index (χ2v) is 4.45. The number of rotatable bonds is 3. The molecule has 0 radical (unpaired) electrons. The predicted molar refractivity (Wildman–Crippen MR) is 71.8 cm³/mol. The van der Waals surface area contributed by atoms with Crippen molar-refractivity contribution in [2.45, 2.75) is 20.4 Å². The van der Waals surface area contributed by atoms with Crippen LogP contribution in [0.1, 0.15) is 17.0 Å². The van der Waals surface area contributed by atoms with Crippen LogP contribution in [0, 0.1) is 13.8 Å². The zero-order chi connectivity index (χ0) is 13.2. The SMILES string of the molecule is Cc1cc(NCc2cnc(C)cn2)n2ncnc2c1. The molecule has 0 aliphatic heterocycles. The van der Waals surface area contributed by atoms with E-state index < -0.39 is 0 Å². The van der Waals surface area contributed by atoms with Gasteiger partial charge in [0.2, 0.25) is 0 Å². The summed E-state index contributed by atoms with van der Waals surface area (Å²) in [6.07, 6.45) is 5.08. The predicted octanol–water partition coefficient (Wildman–Crippen LogP) is 1.75. The first-order valence-electron chi connectivity index (χ1n) is 6.04. The van der Waals surface area contributed by atoms with Gasteiger partial charge in [-0.3, -0.25) is 9.97 Å². The van der Waals surface area contributed by atoms with Crippen molar-refractivity contribution in [3.63, 3.8) is 0 Å². The van der Waals surface area contributed by atoms with Gasteiger partial charge >= 0.3 is 0 Å². The Morgan fingerprint density at radius 2 is 2.00 bits per heavy atom. The zero-order valence-electron chi connectivity index (χ0n) is 10.8. The normalized spacial score (nSPS) is 10.8. The summed E-state index contributed by atoms with van der Waals surface area (Å²) in [7, 11) is 0. The van der Waals surface area contributed by atoms with Gasteiger partial charge in [-0.2, -0.15) is 9.61 Å². The van der Waals surface area contributed by atoms with E-state index in [0.717, 1.165) is 28.4 Å². The molecule has 1 N–H and O–H groups in total. The van der Waals surface area contributed by atoms with Crippen LogP contribution in [-0.4, -0.2) is 24.6 Å². The highest BCUT2D eigenvalue weighted by atomic mass is 15.3. The van der Waals surface area contributed by atoms with Crippen LogP contribution < -0.4 is 5.32 Å². The fourth-order valence-corrected chi connectivity index (χ4v) is 1.87. The number of nitrogens with zero attached hydrogens (tertiary/aromatic N) is 5. The fraction of sp³-hybridized carbons (Fsp3) is 0.231. The number of nitrogens with one attached hydrogen (secondary N) is 1. The van der Waals surface area contributed by atoms with Gasteiger partial charge in [0.05, 0.1) is 24.1 Å². The third kappa shape index (κ3) is 2.37. The summed E-state index contributed by atoms with van der Waals surface area (Å²) in [4.78, 5) is 12.7. The standard InChI is InChI=1S/C13H14N6/c1-9-3-12(19-13(4-9)17-8-18-19)16-7-11-6-14-10(2)5-15-11/h3-6,8,16H,7H2,1-2H3. The van der Waals surface area contributed by atoms with Gasteiger partial charge in [0.1, 0.15) is 12.1 Å². The van der Waals surface area contributed by atoms with Gasteiger partial charge in [-0.15, -0.1) is 0 Å². The van der Waals surface area contributed by atoms with Gasteiger partial charge in [0, 0.05) is 6.20 Å². The molecule has 0 aliphatic rings. The molecule has 0 fully saturated rings. The molecule has 0 bridgehead atoms. The first-order chi connectivity index (χ1) is 9.22. The van der Waals surface area contributed by atoms with Gasteiger partial charge in [-0.1, -0.05) is 0 Å². The molecule has 0 amide bonds. The third-order valence-electron chi connectivity index (χ3n) is 2.81. The Morgan fingerprint density at radius 1 is 1.11 bits per heavy atom. The monoisotopic (exact) mass is 254 g/mol. The van der Waals surface area contributed by atoms with Gasteiger partial charge in [-0.25, -0.2) is 4.98 Å². The highest BCUT2D eigenvalue weighted by molar-refractivity contribution is 5.51. The van der Waals surface area contributed by atoms with Crippen molar-refractivity contribution in [3.8, 4) is 0 Å². The van der Waals surface area contributed by atoms with E-state index in [4.69, 9.17) is 0 Å². The van der Waals surface area contributed by atoms with Gasteiger partial charge in [-0.05, 0) is 31.5 Å². The Kier molecular flexibility index (Phi) is 2.83. The Morgan fingerprint density at radius 3 is 2.79 bits per heavy atom. The largest absolute Gasteiger partial charge is 0.364 e. The Balaban J connectivity index is 1.85. The summed E-state index contributed by atoms with van der Waals surface area (Å²) in [5.74, 6) is 0.898. The third-order valence-corrected chi connectivity index (χ3v) is 2.81. The van der Waals surface area contributed by atoms with Crippen molar-refractivity contribution in [1.29, 1.82) is 0 Å². The Labute approximate surface area is 110 Å². The van der Waals surface area contributed by atoms with Crippen LogP contribution in [-0.2, 0) is 6.54 Å². The average Bonchev–Trinajstić information content (AvgIpc) is 2.85. The topological polar surface area (TPSA) is 68.0 Å². The summed E-state index contributed by atoms with van der Waals surface area (Å²) in [6, 6.07) is 4.02. The summed E-state index contributed by atoms with van der Waals surface area (Å²) in [6.45, 7) is 4.56. The molecule has 6 nitrogen and oxygen atoms in total. The number of fused-ring (bicyclic) bond motifs is 1. The lowest BCUT2D eigenvalue weighted by Crippen LogP contribution is -2.07. The highest BCUT2D eigenvalue weighted by Gasteiger charge is 2.04. The Bertz CT molecular complexity index is 701. The molecule has 96 valence electrons. The number of hydrogen-bond donors (Lipinski definition) is 1. The molecular formula is C13H14N6. The Hall–Kier alpha value is -2.50. The van der Waals surface area contributed by atoms with Gasteiger partial charge in [0.25, 0.3) is 0 Å². The quantitative estimate of drug-likeness (QED) is 0.771.